The molecule has 0 spiro atoms. The van der Waals surface area contributed by atoms with Gasteiger partial charge in [-0.1, -0.05) is 31.2 Å². The molecule has 6 nitrogen and oxygen atoms in total. The Bertz CT molecular complexity index is 792. The van der Waals surface area contributed by atoms with E-state index in [-0.39, 0.29) is 0 Å². The van der Waals surface area contributed by atoms with Gasteiger partial charge in [-0.2, -0.15) is 0 Å². The molecule has 0 aliphatic carbocycles. The summed E-state index contributed by atoms with van der Waals surface area (Å²) < 4.78 is 0. The van der Waals surface area contributed by atoms with Gasteiger partial charge in [-0.3, -0.25) is 4.90 Å². The molecule has 1 aromatic heterocycles. The number of aryl methyl sites for hydroxylation is 1. The number of nitrogens with one attached hydrogen (secondary N) is 1. The summed E-state index contributed by atoms with van der Waals surface area (Å²) in [7, 11) is 2.07. The van der Waals surface area contributed by atoms with Gasteiger partial charge in [0.25, 0.3) is 0 Å². The number of guanidine groups is 1. The van der Waals surface area contributed by atoms with Crippen molar-refractivity contribution in [2.24, 2.45) is 4.99 Å². The van der Waals surface area contributed by atoms with Gasteiger partial charge in [-0.05, 0) is 31.5 Å². The Labute approximate surface area is 185 Å². The molecule has 1 aliphatic rings. The van der Waals surface area contributed by atoms with E-state index in [9.17, 15) is 0 Å². The molecule has 0 saturated carbocycles. The maximum Gasteiger partial charge on any atom is 0.194 e. The van der Waals surface area contributed by atoms with E-state index in [1.165, 1.54) is 24.2 Å². The Balaban J connectivity index is 1.54. The van der Waals surface area contributed by atoms with E-state index in [0.29, 0.717) is 6.54 Å². The van der Waals surface area contributed by atoms with Gasteiger partial charge in [0.15, 0.2) is 5.96 Å². The Morgan fingerprint density at radius 3 is 2.37 bits per heavy atom. The topological polar surface area (TPSA) is 47.0 Å². The van der Waals surface area contributed by atoms with Gasteiger partial charge in [0, 0.05) is 51.7 Å². The summed E-state index contributed by atoms with van der Waals surface area (Å²) in [5, 5.41) is 6.62. The normalized spacial score (nSPS) is 16.1. The van der Waals surface area contributed by atoms with E-state index in [4.69, 9.17) is 4.99 Å². The quantitative estimate of drug-likeness (QED) is 0.517. The largest absolute Gasteiger partial charge is 0.357 e. The van der Waals surface area contributed by atoms with Gasteiger partial charge in [0.1, 0.15) is 0 Å². The minimum absolute atomic E-state index is 0.679. The molecular formula is C23H36N6S. The van der Waals surface area contributed by atoms with Gasteiger partial charge in [0.2, 0.25) is 0 Å². The van der Waals surface area contributed by atoms with Gasteiger partial charge >= 0.3 is 0 Å². The summed E-state index contributed by atoms with van der Waals surface area (Å²) in [6.07, 6.45) is 0. The summed E-state index contributed by atoms with van der Waals surface area (Å²) in [6.45, 7) is 15.6. The number of benzene rings is 1. The Morgan fingerprint density at radius 2 is 1.77 bits per heavy atom. The minimum atomic E-state index is 0.679. The van der Waals surface area contributed by atoms with E-state index in [2.05, 4.69) is 75.5 Å². The fraction of sp³-hybridized carbons (Fsp3) is 0.565. The number of hydrogen-bond donors (Lipinski definition) is 1. The van der Waals surface area contributed by atoms with Crippen LogP contribution in [0.5, 0.6) is 0 Å². The van der Waals surface area contributed by atoms with Crippen LogP contribution in [0, 0.1) is 6.92 Å². The van der Waals surface area contributed by atoms with E-state index >= 15 is 0 Å². The lowest BCUT2D eigenvalue weighted by atomic mass is 10.1. The van der Waals surface area contributed by atoms with Crippen LogP contribution < -0.4 is 5.32 Å². The number of aromatic nitrogens is 1. The fourth-order valence-corrected chi connectivity index (χ4v) is 4.31. The molecule has 1 N–H and O–H groups in total. The molecule has 2 heterocycles. The molecule has 1 saturated heterocycles. The van der Waals surface area contributed by atoms with Crippen molar-refractivity contribution in [2.45, 2.75) is 40.4 Å². The van der Waals surface area contributed by atoms with Gasteiger partial charge in [0.05, 0.1) is 23.8 Å². The first kappa shape index (κ1) is 22.7. The third kappa shape index (κ3) is 6.79. The molecule has 0 bridgehead atoms. The van der Waals surface area contributed by atoms with Crippen LogP contribution in [0.3, 0.4) is 0 Å². The van der Waals surface area contributed by atoms with Crippen LogP contribution in [-0.4, -0.2) is 72.0 Å². The first-order chi connectivity index (χ1) is 14.6. The van der Waals surface area contributed by atoms with Crippen LogP contribution in [0.4, 0.5) is 0 Å². The second-order valence-corrected chi connectivity index (χ2v) is 8.97. The lowest BCUT2D eigenvalue weighted by Crippen LogP contribution is -2.45. The molecule has 0 radical (unpaired) electrons. The standard InChI is InChI=1S/C23H36N6S/c1-5-24-23(27(4)17-22-18-30-19(3)26-22)25-15-20-7-9-21(10-8-20)16-29-13-11-28(6-2)12-14-29/h7-10,18H,5-6,11-17H2,1-4H3,(H,24,25). The van der Waals surface area contributed by atoms with Crippen LogP contribution >= 0.6 is 11.3 Å². The van der Waals surface area contributed by atoms with E-state index in [1.54, 1.807) is 11.3 Å². The minimum Gasteiger partial charge on any atom is -0.357 e. The molecule has 3 rings (SSSR count). The lowest BCUT2D eigenvalue weighted by molar-refractivity contribution is 0.132. The smallest absolute Gasteiger partial charge is 0.194 e. The number of rotatable bonds is 8. The molecule has 0 atom stereocenters. The number of piperazine rings is 1. The summed E-state index contributed by atoms with van der Waals surface area (Å²) >= 11 is 1.69. The molecule has 2 aromatic rings. The number of likely N-dealkylation sites (N-methyl/N-ethyl adjacent to an activating group) is 1. The van der Waals surface area contributed by atoms with Crippen LogP contribution in [0.25, 0.3) is 0 Å². The predicted octanol–water partition coefficient (Wildman–Crippen LogP) is 3.19. The average Bonchev–Trinajstić information content (AvgIpc) is 3.17. The van der Waals surface area contributed by atoms with E-state index < -0.39 is 0 Å². The highest BCUT2D eigenvalue weighted by molar-refractivity contribution is 7.09. The van der Waals surface area contributed by atoms with Crippen LogP contribution in [0.2, 0.25) is 0 Å². The van der Waals surface area contributed by atoms with Gasteiger partial charge < -0.3 is 15.1 Å². The number of nitrogens with zero attached hydrogens (tertiary/aromatic N) is 5. The van der Waals surface area contributed by atoms with Gasteiger partial charge in [-0.25, -0.2) is 9.98 Å². The molecule has 164 valence electrons. The Morgan fingerprint density at radius 1 is 1.10 bits per heavy atom. The summed E-state index contributed by atoms with van der Waals surface area (Å²) in [4.78, 5) is 16.6. The second-order valence-electron chi connectivity index (χ2n) is 7.91. The molecule has 0 amide bonds. The van der Waals surface area contributed by atoms with Crippen molar-refractivity contribution in [3.8, 4) is 0 Å². The molecule has 1 aliphatic heterocycles. The molecule has 7 heteroatoms. The SMILES string of the molecule is CCNC(=NCc1ccc(CN2CCN(CC)CC2)cc1)N(C)Cc1csc(C)n1. The van der Waals surface area contributed by atoms with Crippen molar-refractivity contribution in [2.75, 3.05) is 46.3 Å². The summed E-state index contributed by atoms with van der Waals surface area (Å²) in [5.41, 5.74) is 3.72. The molecular weight excluding hydrogens is 392 g/mol. The lowest BCUT2D eigenvalue weighted by Gasteiger charge is -2.34. The maximum absolute atomic E-state index is 4.84. The summed E-state index contributed by atoms with van der Waals surface area (Å²) in [5.74, 6) is 0.918. The molecule has 1 fully saturated rings. The van der Waals surface area contributed by atoms with Crippen LogP contribution in [-0.2, 0) is 19.6 Å². The molecule has 0 unspecified atom stereocenters. The van der Waals surface area contributed by atoms with Gasteiger partial charge in [-0.15, -0.1) is 11.3 Å². The van der Waals surface area contributed by atoms with Crippen molar-refractivity contribution >= 4 is 17.3 Å². The summed E-state index contributed by atoms with van der Waals surface area (Å²) in [6, 6.07) is 8.94. The first-order valence-corrected chi connectivity index (χ1v) is 11.9. The highest BCUT2D eigenvalue weighted by atomic mass is 32.1. The van der Waals surface area contributed by atoms with E-state index in [0.717, 1.165) is 55.9 Å². The number of thiazole rings is 1. The van der Waals surface area contributed by atoms with Crippen molar-refractivity contribution in [3.05, 3.63) is 51.5 Å². The van der Waals surface area contributed by atoms with Crippen molar-refractivity contribution in [3.63, 3.8) is 0 Å². The highest BCUT2D eigenvalue weighted by Crippen LogP contribution is 2.12. The predicted molar refractivity (Wildman–Crippen MR) is 127 cm³/mol. The zero-order chi connectivity index (χ0) is 21.3. The first-order valence-electron chi connectivity index (χ1n) is 11.0. The second kappa shape index (κ2) is 11.4. The highest BCUT2D eigenvalue weighted by Gasteiger charge is 2.15. The number of hydrogen-bond acceptors (Lipinski definition) is 5. The zero-order valence-electron chi connectivity index (χ0n) is 18.9. The third-order valence-electron chi connectivity index (χ3n) is 5.51. The van der Waals surface area contributed by atoms with E-state index in [1.807, 2.05) is 6.92 Å². The maximum atomic E-state index is 4.84. The Hall–Kier alpha value is -1.96. The molecule has 1 aromatic carbocycles. The molecule has 30 heavy (non-hydrogen) atoms. The van der Waals surface area contributed by atoms with Crippen LogP contribution in [0.15, 0.2) is 34.6 Å². The van der Waals surface area contributed by atoms with Crippen molar-refractivity contribution in [1.29, 1.82) is 0 Å². The third-order valence-corrected chi connectivity index (χ3v) is 6.34. The zero-order valence-corrected chi connectivity index (χ0v) is 19.7. The fourth-order valence-electron chi connectivity index (χ4n) is 3.71. The average molecular weight is 429 g/mol. The van der Waals surface area contributed by atoms with Crippen LogP contribution in [0.1, 0.15) is 35.7 Å². The Kier molecular flexibility index (Phi) is 8.66. The monoisotopic (exact) mass is 428 g/mol. The van der Waals surface area contributed by atoms with Crippen molar-refractivity contribution < 1.29 is 0 Å². The van der Waals surface area contributed by atoms with Crippen molar-refractivity contribution in [1.82, 2.24) is 25.0 Å². The number of aliphatic imine (C=N–C) groups is 1.